The molecule has 0 aliphatic rings. The zero-order valence-corrected chi connectivity index (χ0v) is 10.8. The van der Waals surface area contributed by atoms with E-state index in [-0.39, 0.29) is 6.10 Å². The van der Waals surface area contributed by atoms with Crippen molar-refractivity contribution in [3.8, 4) is 17.1 Å². The molecule has 0 aliphatic carbocycles. The molecule has 0 unspecified atom stereocenters. The van der Waals surface area contributed by atoms with Crippen LogP contribution in [0.2, 0.25) is 0 Å². The average molecular weight is 257 g/mol. The van der Waals surface area contributed by atoms with E-state index in [4.69, 9.17) is 10.5 Å². The van der Waals surface area contributed by atoms with Crippen molar-refractivity contribution in [2.24, 2.45) is 5.73 Å². The molecule has 0 fully saturated rings. The summed E-state index contributed by atoms with van der Waals surface area (Å²) in [6.45, 7) is 3.86. The van der Waals surface area contributed by atoms with Gasteiger partial charge in [0.05, 0.1) is 11.8 Å². The molecule has 2 aromatic rings. The van der Waals surface area contributed by atoms with Crippen LogP contribution in [0.4, 0.5) is 0 Å². The normalized spacial score (nSPS) is 10.5. The van der Waals surface area contributed by atoms with Crippen LogP contribution in [0.3, 0.4) is 0 Å². The first-order valence-corrected chi connectivity index (χ1v) is 5.97. The van der Waals surface area contributed by atoms with Crippen molar-refractivity contribution in [1.29, 1.82) is 0 Å². The number of primary amides is 1. The smallest absolute Gasteiger partial charge is 0.248 e. The lowest BCUT2D eigenvalue weighted by Crippen LogP contribution is -2.10. The fourth-order valence-electron chi connectivity index (χ4n) is 1.58. The molecule has 5 nitrogen and oxygen atoms in total. The highest BCUT2D eigenvalue weighted by Gasteiger charge is 2.05. The standard InChI is InChI=1S/C14H15N3O2/c1-9(2)19-13-8-7-12(16-17-13)10-3-5-11(6-4-10)14(15)18/h3-9H,1-2H3,(H2,15,18). The largest absolute Gasteiger partial charge is 0.474 e. The quantitative estimate of drug-likeness (QED) is 0.909. The van der Waals surface area contributed by atoms with Gasteiger partial charge in [-0.2, -0.15) is 0 Å². The molecule has 2 N–H and O–H groups in total. The van der Waals surface area contributed by atoms with Gasteiger partial charge in [0.1, 0.15) is 0 Å². The third-order valence-corrected chi connectivity index (χ3v) is 2.46. The SMILES string of the molecule is CC(C)Oc1ccc(-c2ccc(C(N)=O)cc2)nn1. The number of nitrogens with two attached hydrogens (primary N) is 1. The van der Waals surface area contributed by atoms with Crippen molar-refractivity contribution in [3.05, 3.63) is 42.0 Å². The van der Waals surface area contributed by atoms with Crippen LogP contribution in [0.5, 0.6) is 5.88 Å². The molecule has 0 aliphatic heterocycles. The molecule has 0 atom stereocenters. The van der Waals surface area contributed by atoms with Crippen LogP contribution in [0.25, 0.3) is 11.3 Å². The molecule has 0 spiro atoms. The summed E-state index contributed by atoms with van der Waals surface area (Å²) in [6.07, 6.45) is 0.0648. The number of carbonyl (C=O) groups is 1. The maximum Gasteiger partial charge on any atom is 0.248 e. The lowest BCUT2D eigenvalue weighted by atomic mass is 10.1. The molecular formula is C14H15N3O2. The van der Waals surface area contributed by atoms with E-state index < -0.39 is 5.91 Å². The predicted molar refractivity (Wildman–Crippen MR) is 71.7 cm³/mol. The molecule has 1 amide bonds. The van der Waals surface area contributed by atoms with E-state index in [1.165, 1.54) is 0 Å². The van der Waals surface area contributed by atoms with Gasteiger partial charge >= 0.3 is 0 Å². The number of ether oxygens (including phenoxy) is 1. The van der Waals surface area contributed by atoms with Crippen molar-refractivity contribution >= 4 is 5.91 Å². The van der Waals surface area contributed by atoms with Crippen LogP contribution in [0.15, 0.2) is 36.4 Å². The summed E-state index contributed by atoms with van der Waals surface area (Å²) in [5.41, 5.74) is 7.24. The molecule has 98 valence electrons. The van der Waals surface area contributed by atoms with E-state index in [0.717, 1.165) is 5.56 Å². The van der Waals surface area contributed by atoms with Crippen molar-refractivity contribution in [3.63, 3.8) is 0 Å². The topological polar surface area (TPSA) is 78.1 Å². The first-order chi connectivity index (χ1) is 9.06. The highest BCUT2D eigenvalue weighted by Crippen LogP contribution is 2.18. The number of hydrogen-bond donors (Lipinski definition) is 1. The Labute approximate surface area is 111 Å². The van der Waals surface area contributed by atoms with Gasteiger partial charge in [-0.1, -0.05) is 12.1 Å². The summed E-state index contributed by atoms with van der Waals surface area (Å²) < 4.78 is 5.42. The van der Waals surface area contributed by atoms with Crippen LogP contribution < -0.4 is 10.5 Å². The Morgan fingerprint density at radius 1 is 1.11 bits per heavy atom. The first kappa shape index (κ1) is 13.0. The third kappa shape index (κ3) is 3.28. The maximum absolute atomic E-state index is 11.0. The van der Waals surface area contributed by atoms with Crippen molar-refractivity contribution < 1.29 is 9.53 Å². The lowest BCUT2D eigenvalue weighted by Gasteiger charge is -2.08. The van der Waals surface area contributed by atoms with E-state index >= 15 is 0 Å². The lowest BCUT2D eigenvalue weighted by molar-refractivity contribution is 0.100. The molecule has 5 heteroatoms. The molecule has 0 bridgehead atoms. The van der Waals surface area contributed by atoms with E-state index in [1.807, 2.05) is 19.9 Å². The van der Waals surface area contributed by atoms with E-state index in [0.29, 0.717) is 17.1 Å². The van der Waals surface area contributed by atoms with Gasteiger partial charge in [-0.25, -0.2) is 0 Å². The molecule has 19 heavy (non-hydrogen) atoms. The number of amides is 1. The highest BCUT2D eigenvalue weighted by atomic mass is 16.5. The summed E-state index contributed by atoms with van der Waals surface area (Å²) in [6, 6.07) is 10.5. The minimum Gasteiger partial charge on any atom is -0.474 e. The summed E-state index contributed by atoms with van der Waals surface area (Å²) in [5.74, 6) is 0.0471. The molecule has 1 aromatic carbocycles. The zero-order valence-electron chi connectivity index (χ0n) is 10.8. The molecule has 0 saturated carbocycles. The van der Waals surface area contributed by atoms with Crippen LogP contribution in [-0.2, 0) is 0 Å². The number of aromatic nitrogens is 2. The van der Waals surface area contributed by atoms with Gasteiger partial charge in [-0.3, -0.25) is 4.79 Å². The van der Waals surface area contributed by atoms with Gasteiger partial charge in [0.25, 0.3) is 0 Å². The minimum atomic E-state index is -0.446. The molecule has 0 radical (unpaired) electrons. The van der Waals surface area contributed by atoms with Gasteiger partial charge in [0.2, 0.25) is 11.8 Å². The van der Waals surface area contributed by atoms with Gasteiger partial charge in [0.15, 0.2) is 0 Å². The van der Waals surface area contributed by atoms with E-state index in [2.05, 4.69) is 10.2 Å². The zero-order chi connectivity index (χ0) is 13.8. The molecule has 0 saturated heterocycles. The second-order valence-electron chi connectivity index (χ2n) is 4.37. The van der Waals surface area contributed by atoms with Crippen LogP contribution in [0, 0.1) is 0 Å². The first-order valence-electron chi connectivity index (χ1n) is 5.97. The van der Waals surface area contributed by atoms with Crippen LogP contribution in [0.1, 0.15) is 24.2 Å². The molecule has 2 rings (SSSR count). The van der Waals surface area contributed by atoms with Crippen molar-refractivity contribution in [2.45, 2.75) is 20.0 Å². The second-order valence-corrected chi connectivity index (χ2v) is 4.37. The van der Waals surface area contributed by atoms with Crippen LogP contribution in [-0.4, -0.2) is 22.2 Å². The fraction of sp³-hybridized carbons (Fsp3) is 0.214. The predicted octanol–water partition coefficient (Wildman–Crippen LogP) is 2.03. The number of rotatable bonds is 4. The van der Waals surface area contributed by atoms with Gasteiger partial charge in [-0.05, 0) is 32.0 Å². The highest BCUT2D eigenvalue weighted by molar-refractivity contribution is 5.93. The molecule has 1 aromatic heterocycles. The Balaban J connectivity index is 2.19. The summed E-state index contributed by atoms with van der Waals surface area (Å²) >= 11 is 0. The minimum absolute atomic E-state index is 0.0648. The monoisotopic (exact) mass is 257 g/mol. The Bertz CT molecular complexity index is 562. The maximum atomic E-state index is 11.0. The van der Waals surface area contributed by atoms with Gasteiger partial charge in [-0.15, -0.1) is 10.2 Å². The van der Waals surface area contributed by atoms with E-state index in [1.54, 1.807) is 30.3 Å². The summed E-state index contributed by atoms with van der Waals surface area (Å²) in [4.78, 5) is 11.0. The average Bonchev–Trinajstić information content (AvgIpc) is 2.39. The molecular weight excluding hydrogens is 242 g/mol. The van der Waals surface area contributed by atoms with Gasteiger partial charge < -0.3 is 10.5 Å². The van der Waals surface area contributed by atoms with E-state index in [9.17, 15) is 4.79 Å². The number of nitrogens with zero attached hydrogens (tertiary/aromatic N) is 2. The van der Waals surface area contributed by atoms with Gasteiger partial charge in [0, 0.05) is 17.2 Å². The summed E-state index contributed by atoms with van der Waals surface area (Å²) in [5, 5.41) is 8.07. The van der Waals surface area contributed by atoms with Crippen molar-refractivity contribution in [2.75, 3.05) is 0 Å². The Kier molecular flexibility index (Phi) is 3.75. The Morgan fingerprint density at radius 3 is 2.26 bits per heavy atom. The van der Waals surface area contributed by atoms with Crippen LogP contribution >= 0.6 is 0 Å². The Morgan fingerprint density at radius 2 is 1.79 bits per heavy atom. The van der Waals surface area contributed by atoms with Crippen molar-refractivity contribution in [1.82, 2.24) is 10.2 Å². The number of benzene rings is 1. The number of hydrogen-bond acceptors (Lipinski definition) is 4. The fourth-order valence-corrected chi connectivity index (χ4v) is 1.58. The number of carbonyl (C=O) groups excluding carboxylic acids is 1. The Hall–Kier alpha value is -2.43. The molecule has 1 heterocycles. The second kappa shape index (κ2) is 5.48. The third-order valence-electron chi connectivity index (χ3n) is 2.46. The summed E-state index contributed by atoms with van der Waals surface area (Å²) in [7, 11) is 0.